The van der Waals surface area contributed by atoms with Crippen LogP contribution in [-0.2, 0) is 36.5 Å². The molecule has 0 aromatic heterocycles. The standard InChI is InChI=1S/C44H40N2O6/c1-47-31-11-7-9-27(13-31)41-37-21-43(25-45,29-15-33(49-3)19-34(16-29)50-4)23-39(37)42(28-10-8-12-32(14-28)48-2)40-24-44(26-46,22-38(40)41)30-17-35(51-5)20-36(18-30)52-6/h7-20H,21-24H2,1-6H3. The fraction of sp³-hybridized carbons (Fsp3) is 0.273. The second kappa shape index (κ2) is 13.5. The molecule has 0 saturated carbocycles. The van der Waals surface area contributed by atoms with Crippen molar-refractivity contribution in [2.75, 3.05) is 42.7 Å². The first kappa shape index (κ1) is 34.3. The molecule has 2 aliphatic carbocycles. The number of methoxy groups -OCH3 is 6. The number of nitriles is 2. The van der Waals surface area contributed by atoms with Crippen LogP contribution in [0.4, 0.5) is 0 Å². The van der Waals surface area contributed by atoms with E-state index >= 15 is 0 Å². The monoisotopic (exact) mass is 692 g/mol. The summed E-state index contributed by atoms with van der Waals surface area (Å²) in [5.74, 6) is 3.93. The van der Waals surface area contributed by atoms with Crippen molar-refractivity contribution in [2.45, 2.75) is 36.5 Å². The molecule has 262 valence electrons. The van der Waals surface area contributed by atoms with Gasteiger partial charge in [0.1, 0.15) is 34.5 Å². The molecule has 5 aromatic carbocycles. The van der Waals surface area contributed by atoms with E-state index in [4.69, 9.17) is 28.4 Å². The Hall–Kier alpha value is -6.12. The number of rotatable bonds is 10. The van der Waals surface area contributed by atoms with Gasteiger partial charge in [-0.15, -0.1) is 0 Å². The molecule has 0 spiro atoms. The summed E-state index contributed by atoms with van der Waals surface area (Å²) < 4.78 is 34.1. The normalized spacial score (nSPS) is 14.7. The van der Waals surface area contributed by atoms with Crippen LogP contribution in [-0.4, -0.2) is 42.7 Å². The molecule has 5 aromatic rings. The zero-order valence-electron chi connectivity index (χ0n) is 30.3. The van der Waals surface area contributed by atoms with Gasteiger partial charge in [-0.3, -0.25) is 0 Å². The maximum absolute atomic E-state index is 11.2. The first-order chi connectivity index (χ1) is 25.3. The van der Waals surface area contributed by atoms with Crippen LogP contribution >= 0.6 is 0 Å². The van der Waals surface area contributed by atoms with Gasteiger partial charge in [-0.05, 0) is 130 Å². The van der Waals surface area contributed by atoms with Crippen LogP contribution in [0, 0.1) is 22.7 Å². The van der Waals surface area contributed by atoms with Gasteiger partial charge in [0.25, 0.3) is 0 Å². The predicted molar refractivity (Wildman–Crippen MR) is 199 cm³/mol. The first-order valence-corrected chi connectivity index (χ1v) is 17.1. The van der Waals surface area contributed by atoms with Crippen molar-refractivity contribution < 1.29 is 28.4 Å². The van der Waals surface area contributed by atoms with Gasteiger partial charge in [-0.2, -0.15) is 10.5 Å². The zero-order chi connectivity index (χ0) is 36.6. The lowest BCUT2D eigenvalue weighted by atomic mass is 9.77. The third kappa shape index (κ3) is 5.61. The highest BCUT2D eigenvalue weighted by atomic mass is 16.5. The quantitative estimate of drug-likeness (QED) is 0.144. The average Bonchev–Trinajstić information content (AvgIpc) is 3.79. The molecule has 0 unspecified atom stereocenters. The molecular weight excluding hydrogens is 652 g/mol. The molecule has 0 amide bonds. The third-order valence-electron chi connectivity index (χ3n) is 10.8. The summed E-state index contributed by atoms with van der Waals surface area (Å²) >= 11 is 0. The Morgan fingerprint density at radius 2 is 0.731 bits per heavy atom. The molecule has 52 heavy (non-hydrogen) atoms. The molecular formula is C44H40N2O6. The van der Waals surface area contributed by atoms with Crippen molar-refractivity contribution in [1.29, 1.82) is 10.5 Å². The summed E-state index contributed by atoms with van der Waals surface area (Å²) in [6.07, 6.45) is 1.77. The van der Waals surface area contributed by atoms with Crippen LogP contribution in [0.5, 0.6) is 34.5 Å². The smallest absolute Gasteiger partial charge is 0.122 e. The first-order valence-electron chi connectivity index (χ1n) is 17.1. The van der Waals surface area contributed by atoms with Crippen LogP contribution in [0.3, 0.4) is 0 Å². The zero-order valence-corrected chi connectivity index (χ0v) is 30.3. The maximum atomic E-state index is 11.2. The molecule has 0 N–H and O–H groups in total. The number of nitrogens with zero attached hydrogens (tertiary/aromatic N) is 2. The molecule has 8 heteroatoms. The second-order valence-corrected chi connectivity index (χ2v) is 13.4. The highest BCUT2D eigenvalue weighted by molar-refractivity contribution is 5.87. The van der Waals surface area contributed by atoms with Crippen molar-refractivity contribution in [2.24, 2.45) is 0 Å². The minimum Gasteiger partial charge on any atom is -0.497 e. The van der Waals surface area contributed by atoms with Crippen LogP contribution in [0.2, 0.25) is 0 Å². The molecule has 7 rings (SSSR count). The lowest BCUT2D eigenvalue weighted by Crippen LogP contribution is -2.26. The van der Waals surface area contributed by atoms with E-state index in [-0.39, 0.29) is 0 Å². The van der Waals surface area contributed by atoms with Crippen molar-refractivity contribution in [3.05, 3.63) is 118 Å². The minimum absolute atomic E-state index is 0.443. The Bertz CT molecular complexity index is 2040. The summed E-state index contributed by atoms with van der Waals surface area (Å²) in [6.45, 7) is 0. The average molecular weight is 693 g/mol. The summed E-state index contributed by atoms with van der Waals surface area (Å²) in [7, 11) is 9.79. The van der Waals surface area contributed by atoms with Gasteiger partial charge in [0.15, 0.2) is 0 Å². The second-order valence-electron chi connectivity index (χ2n) is 13.4. The van der Waals surface area contributed by atoms with Gasteiger partial charge in [0.05, 0.1) is 65.6 Å². The summed E-state index contributed by atoms with van der Waals surface area (Å²) in [4.78, 5) is 0. The van der Waals surface area contributed by atoms with Crippen LogP contribution in [0.1, 0.15) is 33.4 Å². The molecule has 0 saturated heterocycles. The minimum atomic E-state index is -0.924. The van der Waals surface area contributed by atoms with E-state index in [1.54, 1.807) is 42.7 Å². The number of ether oxygens (including phenoxy) is 6. The van der Waals surface area contributed by atoms with Crippen molar-refractivity contribution in [1.82, 2.24) is 0 Å². The third-order valence-corrected chi connectivity index (χ3v) is 10.8. The van der Waals surface area contributed by atoms with Gasteiger partial charge in [-0.25, -0.2) is 0 Å². The largest absolute Gasteiger partial charge is 0.497 e. The van der Waals surface area contributed by atoms with E-state index in [1.165, 1.54) is 0 Å². The summed E-state index contributed by atoms with van der Waals surface area (Å²) in [6, 6.07) is 33.0. The molecule has 0 fully saturated rings. The van der Waals surface area contributed by atoms with E-state index in [1.807, 2.05) is 72.8 Å². The molecule has 8 nitrogen and oxygen atoms in total. The Morgan fingerprint density at radius 1 is 0.423 bits per heavy atom. The van der Waals surface area contributed by atoms with E-state index in [9.17, 15) is 10.5 Å². The highest BCUT2D eigenvalue weighted by Gasteiger charge is 2.48. The molecule has 0 heterocycles. The predicted octanol–water partition coefficient (Wildman–Crippen LogP) is 8.19. The van der Waals surface area contributed by atoms with Gasteiger partial charge in [-0.1, -0.05) is 24.3 Å². The van der Waals surface area contributed by atoms with Crippen molar-refractivity contribution in [3.8, 4) is 68.9 Å². The Balaban J connectivity index is 1.56. The van der Waals surface area contributed by atoms with Crippen LogP contribution < -0.4 is 28.4 Å². The molecule has 0 atom stereocenters. The van der Waals surface area contributed by atoms with Gasteiger partial charge >= 0.3 is 0 Å². The fourth-order valence-corrected chi connectivity index (χ4v) is 8.20. The van der Waals surface area contributed by atoms with Crippen LogP contribution in [0.25, 0.3) is 22.3 Å². The highest BCUT2D eigenvalue weighted by Crippen LogP contribution is 2.56. The van der Waals surface area contributed by atoms with Gasteiger partial charge in [0.2, 0.25) is 0 Å². The molecule has 2 aliphatic rings. The van der Waals surface area contributed by atoms with E-state index in [0.717, 1.165) is 67.1 Å². The van der Waals surface area contributed by atoms with Crippen molar-refractivity contribution in [3.63, 3.8) is 0 Å². The molecule has 0 radical (unpaired) electrons. The Kier molecular flexibility index (Phi) is 8.94. The molecule has 0 aliphatic heterocycles. The number of fused-ring (bicyclic) bond motifs is 2. The van der Waals surface area contributed by atoms with Gasteiger partial charge < -0.3 is 28.4 Å². The Morgan fingerprint density at radius 3 is 1.00 bits per heavy atom. The van der Waals surface area contributed by atoms with E-state index in [0.29, 0.717) is 48.7 Å². The topological polar surface area (TPSA) is 103 Å². The lowest BCUT2D eigenvalue weighted by Gasteiger charge is -2.24. The fourth-order valence-electron chi connectivity index (χ4n) is 8.20. The number of hydrogen-bond acceptors (Lipinski definition) is 8. The summed E-state index contributed by atoms with van der Waals surface area (Å²) in [5.41, 5.74) is 8.11. The van der Waals surface area contributed by atoms with E-state index in [2.05, 4.69) is 24.3 Å². The summed E-state index contributed by atoms with van der Waals surface area (Å²) in [5, 5.41) is 22.4. The van der Waals surface area contributed by atoms with Crippen LogP contribution in [0.15, 0.2) is 84.9 Å². The number of benzene rings is 5. The Labute approximate surface area is 304 Å². The lowest BCUT2D eigenvalue weighted by molar-refractivity contribution is 0.391. The molecule has 0 bridgehead atoms. The van der Waals surface area contributed by atoms with E-state index < -0.39 is 10.8 Å². The van der Waals surface area contributed by atoms with Gasteiger partial charge in [0, 0.05) is 12.1 Å². The van der Waals surface area contributed by atoms with Crippen molar-refractivity contribution >= 4 is 0 Å². The SMILES string of the molecule is COc1cccc(-c2c3c(c(-c4cccc(OC)c4)c4c2CC(C#N)(c2cc(OC)cc(OC)c2)C4)CC(C#N)(c2cc(OC)cc(OC)c2)C3)c1. The maximum Gasteiger partial charge on any atom is 0.122 e. The number of hydrogen-bond donors (Lipinski definition) is 0.